The van der Waals surface area contributed by atoms with E-state index in [1.54, 1.807) is 0 Å². The Balaban J connectivity index is 2.33. The van der Waals surface area contributed by atoms with E-state index in [0.29, 0.717) is 5.41 Å². The fourth-order valence-corrected chi connectivity index (χ4v) is 2.47. The van der Waals surface area contributed by atoms with Crippen molar-refractivity contribution in [3.8, 4) is 0 Å². The molecule has 0 saturated heterocycles. The first-order valence-electron chi connectivity index (χ1n) is 4.07. The van der Waals surface area contributed by atoms with E-state index in [0.717, 1.165) is 6.61 Å². The van der Waals surface area contributed by atoms with Crippen molar-refractivity contribution < 1.29 is 3.07 Å². The molecule has 1 aliphatic carbocycles. The molecule has 1 aliphatic rings. The smallest absolute Gasteiger partial charge is 0.109 e. The zero-order valence-electron chi connectivity index (χ0n) is 7.27. The van der Waals surface area contributed by atoms with Crippen LogP contribution in [0, 0.1) is 5.41 Å². The number of hydrogen-bond donors (Lipinski definition) is 0. The lowest BCUT2D eigenvalue weighted by atomic mass is 9.69. The zero-order valence-corrected chi connectivity index (χ0v) is 9.43. The van der Waals surface area contributed by atoms with Crippen LogP contribution in [0.3, 0.4) is 0 Å². The first kappa shape index (κ1) is 9.74. The molecule has 1 fully saturated rings. The van der Waals surface area contributed by atoms with Crippen molar-refractivity contribution in [2.45, 2.75) is 19.3 Å². The summed E-state index contributed by atoms with van der Waals surface area (Å²) in [5, 5.41) is 0. The van der Waals surface area contributed by atoms with E-state index in [2.05, 4.69) is 19.0 Å². The molecular formula is C8H16INO. The second-order valence-electron chi connectivity index (χ2n) is 3.84. The summed E-state index contributed by atoms with van der Waals surface area (Å²) in [7, 11) is 4.26. The topological polar surface area (TPSA) is 12.5 Å². The van der Waals surface area contributed by atoms with Crippen molar-refractivity contribution in [2.75, 3.05) is 27.2 Å². The van der Waals surface area contributed by atoms with Gasteiger partial charge in [0.2, 0.25) is 0 Å². The molecule has 0 aliphatic heterocycles. The van der Waals surface area contributed by atoms with E-state index >= 15 is 0 Å². The molecule has 0 radical (unpaired) electrons. The second kappa shape index (κ2) is 4.05. The third-order valence-electron chi connectivity index (χ3n) is 2.43. The summed E-state index contributed by atoms with van der Waals surface area (Å²) in [5.41, 5.74) is 0.491. The number of hydrogen-bond acceptors (Lipinski definition) is 2. The van der Waals surface area contributed by atoms with E-state index in [9.17, 15) is 0 Å². The molecule has 0 amide bonds. The van der Waals surface area contributed by atoms with Gasteiger partial charge in [0.25, 0.3) is 0 Å². The molecule has 66 valence electrons. The van der Waals surface area contributed by atoms with Crippen LogP contribution in [0.4, 0.5) is 0 Å². The highest BCUT2D eigenvalue weighted by Crippen LogP contribution is 2.41. The molecule has 1 saturated carbocycles. The standard InChI is InChI=1S/C8H16INO/c1-10(2)6-8(7-11-9)4-3-5-8/h3-7H2,1-2H3. The lowest BCUT2D eigenvalue weighted by Crippen LogP contribution is -2.42. The van der Waals surface area contributed by atoms with Crippen molar-refractivity contribution in [3.63, 3.8) is 0 Å². The summed E-state index contributed by atoms with van der Waals surface area (Å²) in [6, 6.07) is 0. The van der Waals surface area contributed by atoms with Crippen LogP contribution in [0.25, 0.3) is 0 Å². The molecule has 0 spiro atoms. The molecule has 3 heteroatoms. The minimum atomic E-state index is 0.491. The van der Waals surface area contributed by atoms with Crippen molar-refractivity contribution >= 4 is 23.0 Å². The number of nitrogens with zero attached hydrogens (tertiary/aromatic N) is 1. The zero-order chi connectivity index (χ0) is 8.32. The maximum Gasteiger partial charge on any atom is 0.109 e. The highest BCUT2D eigenvalue weighted by Gasteiger charge is 2.37. The van der Waals surface area contributed by atoms with Gasteiger partial charge in [-0.25, -0.2) is 0 Å². The maximum absolute atomic E-state index is 5.19. The van der Waals surface area contributed by atoms with Crippen LogP contribution in [-0.4, -0.2) is 32.1 Å². The van der Waals surface area contributed by atoms with E-state index in [4.69, 9.17) is 3.07 Å². The summed E-state index contributed by atoms with van der Waals surface area (Å²) in [4.78, 5) is 2.26. The monoisotopic (exact) mass is 269 g/mol. The Labute approximate surface area is 83.0 Å². The van der Waals surface area contributed by atoms with Crippen LogP contribution in [0.5, 0.6) is 0 Å². The van der Waals surface area contributed by atoms with Crippen LogP contribution in [0.1, 0.15) is 19.3 Å². The molecule has 0 aromatic rings. The molecule has 11 heavy (non-hydrogen) atoms. The van der Waals surface area contributed by atoms with E-state index < -0.39 is 0 Å². The third-order valence-corrected chi connectivity index (χ3v) is 2.74. The van der Waals surface area contributed by atoms with Crippen molar-refractivity contribution in [1.82, 2.24) is 4.90 Å². The molecule has 1 rings (SSSR count). The first-order chi connectivity index (χ1) is 5.18. The van der Waals surface area contributed by atoms with Gasteiger partial charge in [-0.2, -0.15) is 0 Å². The summed E-state index contributed by atoms with van der Waals surface area (Å²) in [6.07, 6.45) is 4.07. The molecule has 0 bridgehead atoms. The van der Waals surface area contributed by atoms with E-state index in [1.165, 1.54) is 25.8 Å². The van der Waals surface area contributed by atoms with Gasteiger partial charge < -0.3 is 7.97 Å². The molecule has 2 nitrogen and oxygen atoms in total. The highest BCUT2D eigenvalue weighted by molar-refractivity contribution is 14.1. The Bertz CT molecular complexity index is 123. The quantitative estimate of drug-likeness (QED) is 0.724. The van der Waals surface area contributed by atoms with Gasteiger partial charge >= 0.3 is 0 Å². The maximum atomic E-state index is 5.19. The van der Waals surface area contributed by atoms with Gasteiger partial charge in [0.05, 0.1) is 6.61 Å². The summed E-state index contributed by atoms with van der Waals surface area (Å²) in [6.45, 7) is 2.10. The Morgan fingerprint density at radius 1 is 1.45 bits per heavy atom. The molecule has 0 N–H and O–H groups in total. The minimum Gasteiger partial charge on any atom is -0.315 e. The second-order valence-corrected chi connectivity index (χ2v) is 4.47. The van der Waals surface area contributed by atoms with Crippen LogP contribution in [0.2, 0.25) is 0 Å². The Kier molecular flexibility index (Phi) is 3.58. The Morgan fingerprint density at radius 3 is 2.36 bits per heavy atom. The summed E-state index contributed by atoms with van der Waals surface area (Å²) >= 11 is 2.00. The molecule has 0 aromatic heterocycles. The Morgan fingerprint density at radius 2 is 2.09 bits per heavy atom. The summed E-state index contributed by atoms with van der Waals surface area (Å²) in [5.74, 6) is 0. The predicted octanol–water partition coefficient (Wildman–Crippen LogP) is 2.08. The van der Waals surface area contributed by atoms with E-state index in [-0.39, 0.29) is 0 Å². The van der Waals surface area contributed by atoms with Gasteiger partial charge in [-0.3, -0.25) is 0 Å². The Hall–Kier alpha value is 0.650. The van der Waals surface area contributed by atoms with Crippen LogP contribution in [-0.2, 0) is 3.07 Å². The third kappa shape index (κ3) is 2.56. The first-order valence-corrected chi connectivity index (χ1v) is 4.95. The SMILES string of the molecule is CN(C)CC1(COI)CCC1. The summed E-state index contributed by atoms with van der Waals surface area (Å²) < 4.78 is 5.19. The lowest BCUT2D eigenvalue weighted by Gasteiger charge is -2.42. The molecule has 0 atom stereocenters. The van der Waals surface area contributed by atoms with Crippen molar-refractivity contribution in [1.29, 1.82) is 0 Å². The fourth-order valence-electron chi connectivity index (χ4n) is 1.81. The largest absolute Gasteiger partial charge is 0.315 e. The van der Waals surface area contributed by atoms with Crippen LogP contribution in [0.15, 0.2) is 0 Å². The van der Waals surface area contributed by atoms with Gasteiger partial charge in [-0.05, 0) is 26.9 Å². The number of rotatable bonds is 4. The molecular weight excluding hydrogens is 253 g/mol. The van der Waals surface area contributed by atoms with Gasteiger partial charge in [0.1, 0.15) is 23.0 Å². The van der Waals surface area contributed by atoms with Gasteiger partial charge in [0, 0.05) is 12.0 Å². The highest BCUT2D eigenvalue weighted by atomic mass is 127. The van der Waals surface area contributed by atoms with Gasteiger partial charge in [-0.15, -0.1) is 0 Å². The van der Waals surface area contributed by atoms with Gasteiger partial charge in [0.15, 0.2) is 0 Å². The minimum absolute atomic E-state index is 0.491. The lowest BCUT2D eigenvalue weighted by molar-refractivity contribution is 0.0483. The average Bonchev–Trinajstić information content (AvgIpc) is 1.82. The number of halogens is 1. The molecule has 0 heterocycles. The normalized spacial score (nSPS) is 21.8. The predicted molar refractivity (Wildman–Crippen MR) is 54.8 cm³/mol. The van der Waals surface area contributed by atoms with E-state index in [1.807, 2.05) is 23.0 Å². The van der Waals surface area contributed by atoms with Crippen LogP contribution >= 0.6 is 23.0 Å². The van der Waals surface area contributed by atoms with Crippen LogP contribution < -0.4 is 0 Å². The molecule has 0 aromatic carbocycles. The fraction of sp³-hybridized carbons (Fsp3) is 1.00. The van der Waals surface area contributed by atoms with Crippen molar-refractivity contribution in [3.05, 3.63) is 0 Å². The van der Waals surface area contributed by atoms with Crippen molar-refractivity contribution in [2.24, 2.45) is 5.41 Å². The van der Waals surface area contributed by atoms with Gasteiger partial charge in [-0.1, -0.05) is 6.42 Å². The average molecular weight is 269 g/mol. The molecule has 0 unspecified atom stereocenters.